The van der Waals surface area contributed by atoms with Gasteiger partial charge in [0.2, 0.25) is 0 Å². The van der Waals surface area contributed by atoms with Crippen molar-refractivity contribution in [1.29, 1.82) is 0 Å². The summed E-state index contributed by atoms with van der Waals surface area (Å²) >= 11 is 3.47. The summed E-state index contributed by atoms with van der Waals surface area (Å²) in [5.41, 5.74) is 6.72. The first-order chi connectivity index (χ1) is 8.31. The summed E-state index contributed by atoms with van der Waals surface area (Å²) in [6, 6.07) is 15.8. The van der Waals surface area contributed by atoms with E-state index in [1.165, 1.54) is 0 Å². The molecule has 2 nitrogen and oxygen atoms in total. The third-order valence-corrected chi connectivity index (χ3v) is 3.10. The predicted octanol–water partition coefficient (Wildman–Crippen LogP) is 3.74. The number of benzene rings is 2. The molecule has 0 bridgehead atoms. The summed E-state index contributed by atoms with van der Waals surface area (Å²) in [6.07, 6.45) is 0.820. The largest absolute Gasteiger partial charge is 0.456 e. The van der Waals surface area contributed by atoms with Crippen LogP contribution in [0.15, 0.2) is 53.0 Å². The molecule has 3 heteroatoms. The lowest BCUT2D eigenvalue weighted by molar-refractivity contribution is 0.473. The van der Waals surface area contributed by atoms with E-state index in [1.807, 2.05) is 48.5 Å². The van der Waals surface area contributed by atoms with Crippen LogP contribution < -0.4 is 10.5 Å². The van der Waals surface area contributed by atoms with E-state index in [0.717, 1.165) is 28.0 Å². The number of rotatable bonds is 4. The first kappa shape index (κ1) is 12.1. The molecule has 0 aliphatic carbocycles. The first-order valence-electron chi connectivity index (χ1n) is 5.51. The van der Waals surface area contributed by atoms with E-state index >= 15 is 0 Å². The number of nitrogens with two attached hydrogens (primary N) is 1. The Morgan fingerprint density at radius 1 is 0.941 bits per heavy atom. The first-order valence-corrected chi connectivity index (χ1v) is 6.31. The van der Waals surface area contributed by atoms with Gasteiger partial charge in [-0.05, 0) is 52.7 Å². The fourth-order valence-corrected chi connectivity index (χ4v) is 1.98. The average molecular weight is 292 g/mol. The molecule has 0 amide bonds. The molecule has 2 N–H and O–H groups in total. The lowest BCUT2D eigenvalue weighted by Crippen LogP contribution is -2.03. The second-order valence-corrected chi connectivity index (χ2v) is 4.53. The third kappa shape index (κ3) is 3.08. The molecule has 0 spiro atoms. The summed E-state index contributed by atoms with van der Waals surface area (Å²) in [5.74, 6) is 1.68. The van der Waals surface area contributed by atoms with Gasteiger partial charge in [0.25, 0.3) is 0 Å². The quantitative estimate of drug-likeness (QED) is 0.931. The molecule has 0 radical (unpaired) electrons. The molecule has 0 heterocycles. The molecule has 0 saturated carbocycles. The number of halogens is 1. The van der Waals surface area contributed by atoms with Crippen LogP contribution in [0.5, 0.6) is 11.5 Å². The Morgan fingerprint density at radius 3 is 2.29 bits per heavy atom. The van der Waals surface area contributed by atoms with E-state index in [2.05, 4.69) is 15.9 Å². The molecule has 2 aromatic rings. The molecular weight excluding hydrogens is 278 g/mol. The fraction of sp³-hybridized carbons (Fsp3) is 0.143. The molecule has 2 rings (SSSR count). The van der Waals surface area contributed by atoms with Crippen molar-refractivity contribution in [2.45, 2.75) is 6.42 Å². The highest BCUT2D eigenvalue weighted by Gasteiger charge is 2.05. The van der Waals surface area contributed by atoms with Crippen LogP contribution in [0, 0.1) is 0 Å². The van der Waals surface area contributed by atoms with Crippen molar-refractivity contribution in [2.75, 3.05) is 6.54 Å². The van der Waals surface area contributed by atoms with E-state index in [0.29, 0.717) is 6.54 Å². The van der Waals surface area contributed by atoms with Crippen molar-refractivity contribution in [3.8, 4) is 11.5 Å². The second-order valence-electron chi connectivity index (χ2n) is 3.68. The molecular formula is C14H14BrNO. The van der Waals surface area contributed by atoms with Crippen LogP contribution in [0.2, 0.25) is 0 Å². The van der Waals surface area contributed by atoms with Crippen LogP contribution in [-0.2, 0) is 6.42 Å². The summed E-state index contributed by atoms with van der Waals surface area (Å²) in [5, 5.41) is 0. The lowest BCUT2D eigenvalue weighted by Gasteiger charge is -2.11. The Bertz CT molecular complexity index is 499. The molecule has 17 heavy (non-hydrogen) atoms. The summed E-state index contributed by atoms with van der Waals surface area (Å²) in [7, 11) is 0. The zero-order chi connectivity index (χ0) is 12.1. The molecule has 0 fully saturated rings. The Hall–Kier alpha value is -1.32. The molecule has 2 aromatic carbocycles. The van der Waals surface area contributed by atoms with Crippen LogP contribution >= 0.6 is 15.9 Å². The van der Waals surface area contributed by atoms with Crippen LogP contribution in [0.1, 0.15) is 5.56 Å². The number of hydrogen-bond acceptors (Lipinski definition) is 2. The van der Waals surface area contributed by atoms with E-state index < -0.39 is 0 Å². The zero-order valence-electron chi connectivity index (χ0n) is 9.40. The predicted molar refractivity (Wildman–Crippen MR) is 73.4 cm³/mol. The monoisotopic (exact) mass is 291 g/mol. The molecule has 0 aliphatic rings. The van der Waals surface area contributed by atoms with Crippen LogP contribution in [0.4, 0.5) is 0 Å². The Balaban J connectivity index is 2.27. The van der Waals surface area contributed by atoms with Gasteiger partial charge in [0, 0.05) is 0 Å². The highest BCUT2D eigenvalue weighted by atomic mass is 79.9. The van der Waals surface area contributed by atoms with Gasteiger partial charge in [0.05, 0.1) is 4.47 Å². The van der Waals surface area contributed by atoms with Gasteiger partial charge in [0.1, 0.15) is 11.5 Å². The molecule has 0 saturated heterocycles. The average Bonchev–Trinajstić information content (AvgIpc) is 2.35. The van der Waals surface area contributed by atoms with Gasteiger partial charge < -0.3 is 10.5 Å². The number of hydrogen-bond donors (Lipinski definition) is 1. The minimum Gasteiger partial charge on any atom is -0.456 e. The maximum absolute atomic E-state index is 5.89. The summed E-state index contributed by atoms with van der Waals surface area (Å²) in [4.78, 5) is 0. The molecule has 0 unspecified atom stereocenters. The minimum atomic E-state index is 0.621. The highest BCUT2D eigenvalue weighted by molar-refractivity contribution is 9.10. The Labute approximate surface area is 110 Å². The molecule has 0 aromatic heterocycles. The van der Waals surface area contributed by atoms with Gasteiger partial charge in [0.15, 0.2) is 0 Å². The molecule has 0 atom stereocenters. The second kappa shape index (κ2) is 5.84. The van der Waals surface area contributed by atoms with E-state index in [9.17, 15) is 0 Å². The van der Waals surface area contributed by atoms with Gasteiger partial charge in [-0.3, -0.25) is 0 Å². The standard InChI is InChI=1S/C14H14BrNO/c15-12-6-2-4-8-14(12)17-13-7-3-1-5-11(13)9-10-16/h1-8H,9-10,16H2. The fourth-order valence-electron chi connectivity index (χ4n) is 1.61. The van der Waals surface area contributed by atoms with Crippen molar-refractivity contribution in [3.63, 3.8) is 0 Å². The summed E-state index contributed by atoms with van der Waals surface area (Å²) in [6.45, 7) is 0.621. The van der Waals surface area contributed by atoms with Crippen LogP contribution in [0.25, 0.3) is 0 Å². The number of para-hydroxylation sites is 2. The van der Waals surface area contributed by atoms with Crippen LogP contribution in [0.3, 0.4) is 0 Å². The minimum absolute atomic E-state index is 0.621. The van der Waals surface area contributed by atoms with Gasteiger partial charge in [-0.2, -0.15) is 0 Å². The van der Waals surface area contributed by atoms with Crippen molar-refractivity contribution in [1.82, 2.24) is 0 Å². The normalized spacial score (nSPS) is 10.2. The van der Waals surface area contributed by atoms with Crippen molar-refractivity contribution >= 4 is 15.9 Å². The van der Waals surface area contributed by atoms with Crippen molar-refractivity contribution in [3.05, 3.63) is 58.6 Å². The van der Waals surface area contributed by atoms with Gasteiger partial charge in [-0.25, -0.2) is 0 Å². The zero-order valence-corrected chi connectivity index (χ0v) is 11.0. The lowest BCUT2D eigenvalue weighted by atomic mass is 10.1. The maximum Gasteiger partial charge on any atom is 0.141 e. The van der Waals surface area contributed by atoms with Crippen molar-refractivity contribution < 1.29 is 4.74 Å². The van der Waals surface area contributed by atoms with E-state index in [1.54, 1.807) is 0 Å². The Kier molecular flexibility index (Phi) is 4.18. The smallest absolute Gasteiger partial charge is 0.141 e. The SMILES string of the molecule is NCCc1ccccc1Oc1ccccc1Br. The van der Waals surface area contributed by atoms with Crippen LogP contribution in [-0.4, -0.2) is 6.54 Å². The molecule has 0 aliphatic heterocycles. The third-order valence-electron chi connectivity index (χ3n) is 2.44. The topological polar surface area (TPSA) is 35.2 Å². The summed E-state index contributed by atoms with van der Waals surface area (Å²) < 4.78 is 6.84. The molecule has 88 valence electrons. The van der Waals surface area contributed by atoms with Gasteiger partial charge >= 0.3 is 0 Å². The number of ether oxygens (including phenoxy) is 1. The van der Waals surface area contributed by atoms with Gasteiger partial charge in [-0.1, -0.05) is 30.3 Å². The Morgan fingerprint density at radius 2 is 1.59 bits per heavy atom. The van der Waals surface area contributed by atoms with Gasteiger partial charge in [-0.15, -0.1) is 0 Å². The maximum atomic E-state index is 5.89. The van der Waals surface area contributed by atoms with Crippen molar-refractivity contribution in [2.24, 2.45) is 5.73 Å². The highest BCUT2D eigenvalue weighted by Crippen LogP contribution is 2.31. The van der Waals surface area contributed by atoms with E-state index in [4.69, 9.17) is 10.5 Å². The van der Waals surface area contributed by atoms with E-state index in [-0.39, 0.29) is 0 Å².